The molecule has 2 N–H and O–H groups in total. The van der Waals surface area contributed by atoms with E-state index in [2.05, 4.69) is 27.6 Å². The molecule has 0 aromatic rings. The van der Waals surface area contributed by atoms with E-state index in [9.17, 15) is 0 Å². The first-order chi connectivity index (χ1) is 11.8. The minimum atomic E-state index is 0. The third-order valence-corrected chi connectivity index (χ3v) is 4.14. The molecule has 1 aliphatic heterocycles. The summed E-state index contributed by atoms with van der Waals surface area (Å²) in [4.78, 5) is 6.46. The Hall–Kier alpha value is -0.160. The van der Waals surface area contributed by atoms with E-state index in [1.807, 2.05) is 0 Å². The van der Waals surface area contributed by atoms with Crippen LogP contribution in [0.5, 0.6) is 0 Å². The van der Waals surface area contributed by atoms with Gasteiger partial charge in [-0.05, 0) is 32.2 Å². The van der Waals surface area contributed by atoms with Gasteiger partial charge in [-0.3, -0.25) is 4.99 Å². The first kappa shape index (κ1) is 24.8. The molecule has 1 aliphatic rings. The molecule has 0 amide bonds. The molecule has 0 aliphatic carbocycles. The topological polar surface area (TPSA) is 67.4 Å². The molecular formula is C17H37IN4O3. The summed E-state index contributed by atoms with van der Waals surface area (Å²) in [7, 11) is 5.61. The van der Waals surface area contributed by atoms with Gasteiger partial charge in [-0.1, -0.05) is 0 Å². The van der Waals surface area contributed by atoms with Crippen LogP contribution in [0.2, 0.25) is 0 Å². The molecule has 1 saturated heterocycles. The molecule has 0 unspecified atom stereocenters. The number of hydrogen-bond donors (Lipinski definition) is 2. The van der Waals surface area contributed by atoms with Gasteiger partial charge >= 0.3 is 0 Å². The average molecular weight is 472 g/mol. The van der Waals surface area contributed by atoms with Gasteiger partial charge in [-0.25, -0.2) is 0 Å². The molecule has 0 radical (unpaired) electrons. The van der Waals surface area contributed by atoms with E-state index in [1.54, 1.807) is 14.2 Å². The molecule has 1 heterocycles. The van der Waals surface area contributed by atoms with Crippen molar-refractivity contribution in [3.63, 3.8) is 0 Å². The molecule has 0 atom stereocenters. The third-order valence-electron chi connectivity index (χ3n) is 4.14. The van der Waals surface area contributed by atoms with Gasteiger partial charge in [0.05, 0.1) is 6.61 Å². The van der Waals surface area contributed by atoms with Crippen LogP contribution in [-0.2, 0) is 14.2 Å². The van der Waals surface area contributed by atoms with Gasteiger partial charge in [0.25, 0.3) is 0 Å². The highest BCUT2D eigenvalue weighted by molar-refractivity contribution is 14.0. The van der Waals surface area contributed by atoms with Crippen molar-refractivity contribution in [2.75, 3.05) is 80.4 Å². The van der Waals surface area contributed by atoms with Gasteiger partial charge in [0.1, 0.15) is 0 Å². The Morgan fingerprint density at radius 2 is 1.88 bits per heavy atom. The first-order valence-corrected chi connectivity index (χ1v) is 9.03. The highest BCUT2D eigenvalue weighted by atomic mass is 127. The Morgan fingerprint density at radius 1 is 1.16 bits per heavy atom. The standard InChI is InChI=1S/C17H36N4O3.HI/c1-18-17(20-8-9-21(2)10-14-22-3)19-7-4-11-24-15-16-5-12-23-13-6-16;/h16H,4-15H2,1-3H3,(H2,18,19,20);1H. The summed E-state index contributed by atoms with van der Waals surface area (Å²) in [6.07, 6.45) is 3.25. The van der Waals surface area contributed by atoms with Crippen LogP contribution < -0.4 is 10.6 Å². The number of aliphatic imine (C=N–C) groups is 1. The fourth-order valence-electron chi connectivity index (χ4n) is 2.49. The van der Waals surface area contributed by atoms with Crippen LogP contribution in [-0.4, -0.2) is 91.3 Å². The molecule has 0 saturated carbocycles. The average Bonchev–Trinajstić information content (AvgIpc) is 2.62. The molecule has 150 valence electrons. The maximum Gasteiger partial charge on any atom is 0.191 e. The van der Waals surface area contributed by atoms with Crippen LogP contribution in [0.4, 0.5) is 0 Å². The predicted octanol–water partition coefficient (Wildman–Crippen LogP) is 1.18. The van der Waals surface area contributed by atoms with Gasteiger partial charge in [0, 0.05) is 66.8 Å². The Labute approximate surface area is 170 Å². The molecular weight excluding hydrogens is 435 g/mol. The van der Waals surface area contributed by atoms with E-state index in [0.29, 0.717) is 5.92 Å². The normalized spacial score (nSPS) is 15.9. The Kier molecular flexibility index (Phi) is 17.2. The van der Waals surface area contributed by atoms with E-state index in [1.165, 1.54) is 0 Å². The van der Waals surface area contributed by atoms with Crippen LogP contribution >= 0.6 is 24.0 Å². The number of hydrogen-bond acceptors (Lipinski definition) is 5. The number of rotatable bonds is 12. The quantitative estimate of drug-likeness (QED) is 0.193. The maximum atomic E-state index is 5.76. The molecule has 8 heteroatoms. The van der Waals surface area contributed by atoms with Gasteiger partial charge in [-0.15, -0.1) is 24.0 Å². The molecule has 0 aromatic heterocycles. The zero-order valence-corrected chi connectivity index (χ0v) is 18.4. The van der Waals surface area contributed by atoms with Crippen LogP contribution in [0.15, 0.2) is 4.99 Å². The van der Waals surface area contributed by atoms with E-state index >= 15 is 0 Å². The monoisotopic (exact) mass is 472 g/mol. The largest absolute Gasteiger partial charge is 0.383 e. The second-order valence-electron chi connectivity index (χ2n) is 6.21. The molecule has 25 heavy (non-hydrogen) atoms. The van der Waals surface area contributed by atoms with Crippen molar-refractivity contribution < 1.29 is 14.2 Å². The highest BCUT2D eigenvalue weighted by Crippen LogP contribution is 2.14. The Bertz CT molecular complexity index is 329. The lowest BCUT2D eigenvalue weighted by molar-refractivity contribution is 0.0203. The SMILES string of the molecule is CN=C(NCCCOCC1CCOCC1)NCCN(C)CCOC.I. The summed E-state index contributed by atoms with van der Waals surface area (Å²) in [6, 6.07) is 0. The fourth-order valence-corrected chi connectivity index (χ4v) is 2.49. The summed E-state index contributed by atoms with van der Waals surface area (Å²) >= 11 is 0. The van der Waals surface area contributed by atoms with Crippen LogP contribution in [0, 0.1) is 5.92 Å². The van der Waals surface area contributed by atoms with Crippen molar-refractivity contribution in [2.45, 2.75) is 19.3 Å². The number of guanidine groups is 1. The third kappa shape index (κ3) is 13.7. The summed E-state index contributed by atoms with van der Waals surface area (Å²) in [5.74, 6) is 1.52. The molecule has 1 fully saturated rings. The second-order valence-corrected chi connectivity index (χ2v) is 6.21. The number of nitrogens with one attached hydrogen (secondary N) is 2. The molecule has 0 aromatic carbocycles. The smallest absolute Gasteiger partial charge is 0.191 e. The number of methoxy groups -OCH3 is 1. The van der Waals surface area contributed by atoms with Crippen molar-refractivity contribution in [3.05, 3.63) is 0 Å². The second kappa shape index (κ2) is 17.3. The molecule has 1 rings (SSSR count). The van der Waals surface area contributed by atoms with Crippen molar-refractivity contribution >= 4 is 29.9 Å². The summed E-state index contributed by atoms with van der Waals surface area (Å²) in [5, 5.41) is 6.64. The van der Waals surface area contributed by atoms with Crippen LogP contribution in [0.1, 0.15) is 19.3 Å². The van der Waals surface area contributed by atoms with E-state index < -0.39 is 0 Å². The zero-order chi connectivity index (χ0) is 17.5. The number of likely N-dealkylation sites (N-methyl/N-ethyl adjacent to an activating group) is 1. The van der Waals surface area contributed by atoms with Gasteiger partial charge in [0.2, 0.25) is 0 Å². The molecule has 0 spiro atoms. The predicted molar refractivity (Wildman–Crippen MR) is 113 cm³/mol. The lowest BCUT2D eigenvalue weighted by Gasteiger charge is -2.21. The number of nitrogens with zero attached hydrogens (tertiary/aromatic N) is 2. The fraction of sp³-hybridized carbons (Fsp3) is 0.941. The van der Waals surface area contributed by atoms with E-state index in [-0.39, 0.29) is 24.0 Å². The minimum absolute atomic E-state index is 0. The van der Waals surface area contributed by atoms with Gasteiger partial charge in [-0.2, -0.15) is 0 Å². The molecule has 7 nitrogen and oxygen atoms in total. The zero-order valence-electron chi connectivity index (χ0n) is 16.1. The lowest BCUT2D eigenvalue weighted by atomic mass is 10.0. The summed E-state index contributed by atoms with van der Waals surface area (Å²) in [6.45, 7) is 7.82. The van der Waals surface area contributed by atoms with Gasteiger partial charge in [0.15, 0.2) is 5.96 Å². The minimum Gasteiger partial charge on any atom is -0.383 e. The number of halogens is 1. The van der Waals surface area contributed by atoms with Crippen molar-refractivity contribution in [3.8, 4) is 0 Å². The Morgan fingerprint density at radius 3 is 2.56 bits per heavy atom. The first-order valence-electron chi connectivity index (χ1n) is 9.03. The van der Waals surface area contributed by atoms with E-state index in [4.69, 9.17) is 14.2 Å². The van der Waals surface area contributed by atoms with Crippen LogP contribution in [0.25, 0.3) is 0 Å². The Balaban J connectivity index is 0.00000576. The molecule has 0 bridgehead atoms. The van der Waals surface area contributed by atoms with Crippen molar-refractivity contribution in [1.82, 2.24) is 15.5 Å². The summed E-state index contributed by atoms with van der Waals surface area (Å²) in [5.41, 5.74) is 0. The van der Waals surface area contributed by atoms with E-state index in [0.717, 1.165) is 84.4 Å². The number of ether oxygens (including phenoxy) is 3. The maximum absolute atomic E-state index is 5.76. The van der Waals surface area contributed by atoms with Crippen molar-refractivity contribution in [2.24, 2.45) is 10.9 Å². The van der Waals surface area contributed by atoms with Crippen LogP contribution in [0.3, 0.4) is 0 Å². The van der Waals surface area contributed by atoms with Crippen molar-refractivity contribution in [1.29, 1.82) is 0 Å². The lowest BCUT2D eigenvalue weighted by Crippen LogP contribution is -2.41. The highest BCUT2D eigenvalue weighted by Gasteiger charge is 2.13. The summed E-state index contributed by atoms with van der Waals surface area (Å²) < 4.78 is 16.2. The van der Waals surface area contributed by atoms with Gasteiger partial charge < -0.3 is 29.7 Å².